The van der Waals surface area contributed by atoms with E-state index in [4.69, 9.17) is 0 Å². The zero-order chi connectivity index (χ0) is 22.4. The first-order chi connectivity index (χ1) is 16.2. The lowest BCUT2D eigenvalue weighted by Crippen LogP contribution is -2.39. The molecule has 0 aliphatic carbocycles. The molecule has 0 unspecified atom stereocenters. The molecule has 0 saturated heterocycles. The molecule has 6 rings (SSSR count). The first-order valence-electron chi connectivity index (χ1n) is 11.2. The molecule has 2 aromatic heterocycles. The number of benzene rings is 4. The summed E-state index contributed by atoms with van der Waals surface area (Å²) in [6.45, 7) is 0. The highest BCUT2D eigenvalue weighted by Gasteiger charge is 2.50. The fourth-order valence-electron chi connectivity index (χ4n) is 5.21. The Labute approximate surface area is 194 Å². The molecule has 0 amide bonds. The number of hydrogen-bond acceptors (Lipinski definition) is 0. The van der Waals surface area contributed by atoms with E-state index in [9.17, 15) is 0 Å². The Balaban J connectivity index is 1.86. The zero-order valence-electron chi connectivity index (χ0n) is 18.8. The van der Waals surface area contributed by atoms with Gasteiger partial charge in [0.1, 0.15) is 39.4 Å². The molecule has 0 bridgehead atoms. The van der Waals surface area contributed by atoms with Crippen LogP contribution in [0.15, 0.2) is 116 Å². The van der Waals surface area contributed by atoms with Gasteiger partial charge in [0.05, 0.1) is 5.52 Å². The monoisotopic (exact) mass is 447 g/mol. The minimum atomic E-state index is -2.22. The minimum absolute atomic E-state index is 1.16. The van der Waals surface area contributed by atoms with Crippen molar-refractivity contribution < 1.29 is 4.68 Å². The Bertz CT molecular complexity index is 1520. The van der Waals surface area contributed by atoms with Crippen molar-refractivity contribution in [1.82, 2.24) is 9.67 Å². The molecule has 160 valence electrons. The Morgan fingerprint density at radius 1 is 0.667 bits per heavy atom. The van der Waals surface area contributed by atoms with Gasteiger partial charge in [0.2, 0.25) is 6.20 Å². The van der Waals surface area contributed by atoms with E-state index < -0.39 is 7.26 Å². The van der Waals surface area contributed by atoms with Crippen LogP contribution in [-0.4, -0.2) is 9.67 Å². The van der Waals surface area contributed by atoms with Crippen molar-refractivity contribution in [3.05, 3.63) is 116 Å². The molecular formula is C29H26N3P+2. The number of hydrogen-bond donors (Lipinski definition) is 1. The maximum atomic E-state index is 3.50. The number of aryl methyl sites for hydroxylation is 2. The van der Waals surface area contributed by atoms with Gasteiger partial charge in [0.25, 0.3) is 0 Å². The maximum absolute atomic E-state index is 3.50. The number of nitrogens with zero attached hydrogens (tertiary/aromatic N) is 2. The van der Waals surface area contributed by atoms with E-state index in [-0.39, 0.29) is 0 Å². The van der Waals surface area contributed by atoms with E-state index in [1.165, 1.54) is 37.5 Å². The fourth-order valence-corrected chi connectivity index (χ4v) is 9.83. The van der Waals surface area contributed by atoms with Gasteiger partial charge in [-0.3, -0.25) is 0 Å². The lowest BCUT2D eigenvalue weighted by Gasteiger charge is -2.28. The summed E-state index contributed by atoms with van der Waals surface area (Å²) in [5.74, 6) is 0. The molecule has 0 spiro atoms. The largest absolute Gasteiger partial charge is 0.350 e. The summed E-state index contributed by atoms with van der Waals surface area (Å²) >= 11 is 0. The standard InChI is InChI=1S/C29H25N3P/c1-31-20-19-24-27(31)16-10-18-28(24)33(22-11-5-3-6-12-22,23-13-7-4-8-14-23)29-17-9-15-26-25(29)21-32(2)30-26/h3-21H,1-2H3/q+1/p+1. The van der Waals surface area contributed by atoms with Crippen LogP contribution in [0.3, 0.4) is 0 Å². The van der Waals surface area contributed by atoms with Crippen molar-refractivity contribution in [3.63, 3.8) is 0 Å². The predicted molar refractivity (Wildman–Crippen MR) is 141 cm³/mol. The van der Waals surface area contributed by atoms with Gasteiger partial charge in [0, 0.05) is 18.6 Å². The molecule has 4 aromatic carbocycles. The second kappa shape index (κ2) is 7.72. The highest BCUT2D eigenvalue weighted by Crippen LogP contribution is 2.56. The zero-order valence-corrected chi connectivity index (χ0v) is 19.7. The maximum Gasteiger partial charge on any atom is 0.207 e. The van der Waals surface area contributed by atoms with Crippen LogP contribution in [0.25, 0.3) is 21.8 Å². The molecule has 0 atom stereocenters. The number of H-pyrrole nitrogens is 1. The summed E-state index contributed by atoms with van der Waals surface area (Å²) in [5.41, 5.74) is 2.42. The predicted octanol–water partition coefficient (Wildman–Crippen LogP) is 4.10. The lowest BCUT2D eigenvalue weighted by molar-refractivity contribution is -0.724. The van der Waals surface area contributed by atoms with Gasteiger partial charge in [-0.25, -0.2) is 0 Å². The average molecular weight is 448 g/mol. The van der Waals surface area contributed by atoms with Gasteiger partial charge < -0.3 is 4.57 Å². The van der Waals surface area contributed by atoms with E-state index in [2.05, 4.69) is 144 Å². The molecular weight excluding hydrogens is 421 g/mol. The third kappa shape index (κ3) is 2.97. The van der Waals surface area contributed by atoms with Gasteiger partial charge in [-0.2, -0.15) is 5.10 Å². The molecule has 0 saturated carbocycles. The quantitative estimate of drug-likeness (QED) is 0.311. The van der Waals surface area contributed by atoms with E-state index in [0.29, 0.717) is 0 Å². The Morgan fingerprint density at radius 2 is 1.27 bits per heavy atom. The molecule has 3 nitrogen and oxygen atoms in total. The smallest absolute Gasteiger partial charge is 0.207 e. The minimum Gasteiger partial charge on any atom is -0.350 e. The third-order valence-corrected chi connectivity index (χ3v) is 11.0. The highest BCUT2D eigenvalue weighted by molar-refractivity contribution is 8.02. The van der Waals surface area contributed by atoms with Crippen molar-refractivity contribution in [2.45, 2.75) is 0 Å². The lowest BCUT2D eigenvalue weighted by atomic mass is 10.2. The molecule has 33 heavy (non-hydrogen) atoms. The molecule has 1 N–H and O–H groups in total. The van der Waals surface area contributed by atoms with Crippen molar-refractivity contribution in [3.8, 4) is 0 Å². The fraction of sp³-hybridized carbons (Fsp3) is 0.0690. The summed E-state index contributed by atoms with van der Waals surface area (Å²) in [6.07, 6.45) is 4.41. The van der Waals surface area contributed by atoms with Crippen LogP contribution in [0.4, 0.5) is 0 Å². The Hall–Kier alpha value is -3.68. The molecule has 0 radical (unpaired) electrons. The number of aromatic amines is 1. The van der Waals surface area contributed by atoms with Gasteiger partial charge in [0.15, 0.2) is 7.05 Å². The van der Waals surface area contributed by atoms with Crippen molar-refractivity contribution in [2.75, 3.05) is 0 Å². The number of rotatable bonds is 4. The van der Waals surface area contributed by atoms with E-state index in [0.717, 1.165) is 5.52 Å². The van der Waals surface area contributed by atoms with Crippen LogP contribution >= 0.6 is 7.26 Å². The van der Waals surface area contributed by atoms with Crippen LogP contribution in [0.2, 0.25) is 0 Å². The number of aromatic nitrogens is 3. The first kappa shape index (κ1) is 20.0. The van der Waals surface area contributed by atoms with Gasteiger partial charge in [-0.15, -0.1) is 4.68 Å². The number of fused-ring (bicyclic) bond motifs is 2. The second-order valence-corrected chi connectivity index (χ2v) is 11.9. The van der Waals surface area contributed by atoms with Gasteiger partial charge in [-0.05, 0) is 54.6 Å². The first-order valence-corrected chi connectivity index (χ1v) is 13.0. The van der Waals surface area contributed by atoms with Crippen LogP contribution in [0, 0.1) is 0 Å². The summed E-state index contributed by atoms with van der Waals surface area (Å²) in [6, 6.07) is 38.0. The van der Waals surface area contributed by atoms with Crippen molar-refractivity contribution in [1.29, 1.82) is 0 Å². The van der Waals surface area contributed by atoms with Crippen LogP contribution in [0.1, 0.15) is 0 Å². The summed E-state index contributed by atoms with van der Waals surface area (Å²) in [5, 5.41) is 11.6. The number of nitrogens with one attached hydrogen (secondary N) is 1. The molecule has 4 heteroatoms. The topological polar surface area (TPSA) is 24.6 Å². The summed E-state index contributed by atoms with van der Waals surface area (Å²) < 4.78 is 4.28. The highest BCUT2D eigenvalue weighted by atomic mass is 31.2. The SMILES string of the molecule is Cn1ccc2c([P+](c3ccccc3)(c3ccccc3)c3cccc4[nH][n+](C)cc34)cccc21. The van der Waals surface area contributed by atoms with E-state index in [1.54, 1.807) is 0 Å². The summed E-state index contributed by atoms with van der Waals surface area (Å²) in [7, 11) is 1.97. The van der Waals surface area contributed by atoms with Gasteiger partial charge in [-0.1, -0.05) is 48.5 Å². The molecule has 0 aliphatic heterocycles. The molecule has 6 aromatic rings. The van der Waals surface area contributed by atoms with Gasteiger partial charge >= 0.3 is 0 Å². The average Bonchev–Trinajstić information content (AvgIpc) is 3.43. The van der Waals surface area contributed by atoms with Crippen LogP contribution in [-0.2, 0) is 14.1 Å². The normalized spacial score (nSPS) is 11.9. The van der Waals surface area contributed by atoms with Crippen LogP contribution in [0.5, 0.6) is 0 Å². The van der Waals surface area contributed by atoms with Crippen LogP contribution < -0.4 is 25.9 Å². The Kier molecular flexibility index (Phi) is 4.67. The van der Waals surface area contributed by atoms with Crippen molar-refractivity contribution in [2.24, 2.45) is 14.1 Å². The molecule has 2 heterocycles. The summed E-state index contributed by atoms with van der Waals surface area (Å²) in [4.78, 5) is 0. The molecule has 0 fully saturated rings. The molecule has 0 aliphatic rings. The Morgan fingerprint density at radius 3 is 1.94 bits per heavy atom. The van der Waals surface area contributed by atoms with E-state index in [1.807, 2.05) is 0 Å². The van der Waals surface area contributed by atoms with Crippen molar-refractivity contribution >= 4 is 50.3 Å². The van der Waals surface area contributed by atoms with E-state index >= 15 is 0 Å². The second-order valence-electron chi connectivity index (χ2n) is 8.57. The third-order valence-electron chi connectivity index (χ3n) is 6.62.